The minimum absolute atomic E-state index is 0.529. The van der Waals surface area contributed by atoms with Crippen molar-refractivity contribution in [3.05, 3.63) is 27.7 Å². The lowest BCUT2D eigenvalue weighted by Gasteiger charge is -2.18. The van der Waals surface area contributed by atoms with Gasteiger partial charge in [-0.1, -0.05) is 27.5 Å². The van der Waals surface area contributed by atoms with Crippen LogP contribution in [0.5, 0.6) is 0 Å². The van der Waals surface area contributed by atoms with E-state index in [2.05, 4.69) is 26.6 Å². The van der Waals surface area contributed by atoms with Crippen LogP contribution in [-0.2, 0) is 0 Å². The van der Waals surface area contributed by atoms with E-state index in [1.54, 1.807) is 0 Å². The molecule has 1 aliphatic heterocycles. The number of rotatable bonds is 2. The Labute approximate surface area is 110 Å². The van der Waals surface area contributed by atoms with Crippen LogP contribution in [0.2, 0.25) is 5.02 Å². The van der Waals surface area contributed by atoms with Crippen molar-refractivity contribution < 1.29 is 0 Å². The topological polar surface area (TPSA) is 24.1 Å². The number of anilines is 1. The van der Waals surface area contributed by atoms with Crippen LogP contribution in [0.15, 0.2) is 22.7 Å². The van der Waals surface area contributed by atoms with Crippen molar-refractivity contribution in [2.24, 2.45) is 0 Å². The molecule has 16 heavy (non-hydrogen) atoms. The molecule has 0 radical (unpaired) electrons. The highest BCUT2D eigenvalue weighted by Gasteiger charge is 2.12. The number of nitrogens with one attached hydrogen (secondary N) is 2. The Morgan fingerprint density at radius 2 is 2.19 bits per heavy atom. The molecular formula is C12H16BrClN2. The summed E-state index contributed by atoms with van der Waals surface area (Å²) < 4.78 is 1.06. The van der Waals surface area contributed by atoms with Gasteiger partial charge in [0.25, 0.3) is 0 Å². The van der Waals surface area contributed by atoms with Gasteiger partial charge in [-0.3, -0.25) is 0 Å². The summed E-state index contributed by atoms with van der Waals surface area (Å²) in [7, 11) is 0. The van der Waals surface area contributed by atoms with Crippen LogP contribution >= 0.6 is 27.5 Å². The fourth-order valence-electron chi connectivity index (χ4n) is 1.99. The van der Waals surface area contributed by atoms with Gasteiger partial charge in [0.05, 0.1) is 10.7 Å². The maximum absolute atomic E-state index is 6.16. The largest absolute Gasteiger partial charge is 0.381 e. The summed E-state index contributed by atoms with van der Waals surface area (Å²) in [5, 5.41) is 7.73. The molecule has 1 atom stereocenters. The van der Waals surface area contributed by atoms with Gasteiger partial charge in [0, 0.05) is 10.5 Å². The smallest absolute Gasteiger partial charge is 0.0638 e. The molecule has 2 N–H and O–H groups in total. The Morgan fingerprint density at radius 3 is 3.06 bits per heavy atom. The monoisotopic (exact) mass is 302 g/mol. The first-order valence-electron chi connectivity index (χ1n) is 5.68. The van der Waals surface area contributed by atoms with Crippen molar-refractivity contribution in [1.82, 2.24) is 5.32 Å². The van der Waals surface area contributed by atoms with Crippen molar-refractivity contribution in [3.8, 4) is 0 Å². The van der Waals surface area contributed by atoms with E-state index in [9.17, 15) is 0 Å². The van der Waals surface area contributed by atoms with Crippen LogP contribution in [0, 0.1) is 0 Å². The Morgan fingerprint density at radius 1 is 1.31 bits per heavy atom. The average Bonchev–Trinajstić information content (AvgIpc) is 2.52. The molecule has 1 heterocycles. The summed E-state index contributed by atoms with van der Waals surface area (Å²) in [6, 6.07) is 6.45. The number of hydrogen-bond acceptors (Lipinski definition) is 2. The van der Waals surface area contributed by atoms with Crippen molar-refractivity contribution in [2.75, 3.05) is 18.4 Å². The van der Waals surface area contributed by atoms with Gasteiger partial charge in [-0.15, -0.1) is 0 Å². The van der Waals surface area contributed by atoms with E-state index in [1.807, 2.05) is 18.2 Å². The first-order chi connectivity index (χ1) is 7.75. The Hall–Kier alpha value is -0.250. The highest BCUT2D eigenvalue weighted by molar-refractivity contribution is 9.10. The summed E-state index contributed by atoms with van der Waals surface area (Å²) in [4.78, 5) is 0. The molecule has 1 fully saturated rings. The second kappa shape index (κ2) is 5.89. The maximum Gasteiger partial charge on any atom is 0.0638 e. The van der Waals surface area contributed by atoms with Gasteiger partial charge in [0.2, 0.25) is 0 Å². The van der Waals surface area contributed by atoms with E-state index < -0.39 is 0 Å². The minimum atomic E-state index is 0.529. The van der Waals surface area contributed by atoms with Gasteiger partial charge in [0.1, 0.15) is 0 Å². The van der Waals surface area contributed by atoms with Gasteiger partial charge >= 0.3 is 0 Å². The molecule has 88 valence electrons. The van der Waals surface area contributed by atoms with Crippen LogP contribution in [0.4, 0.5) is 5.69 Å². The lowest BCUT2D eigenvalue weighted by atomic mass is 10.1. The number of hydrogen-bond donors (Lipinski definition) is 2. The standard InChI is InChI=1S/C12H16BrClN2/c13-9-3-4-11(14)12(8-9)16-10-2-1-6-15-7-5-10/h3-4,8,10,15-16H,1-2,5-7H2. The van der Waals surface area contributed by atoms with E-state index in [4.69, 9.17) is 11.6 Å². The van der Waals surface area contributed by atoms with E-state index in [-0.39, 0.29) is 0 Å². The van der Waals surface area contributed by atoms with E-state index in [0.717, 1.165) is 34.7 Å². The maximum atomic E-state index is 6.16. The van der Waals surface area contributed by atoms with Gasteiger partial charge in [-0.25, -0.2) is 0 Å². The predicted octanol–water partition coefficient (Wildman–Crippen LogP) is 3.66. The SMILES string of the molecule is Clc1ccc(Br)cc1NC1CCCNCC1. The molecule has 1 aromatic rings. The molecule has 0 amide bonds. The molecule has 0 aromatic heterocycles. The Kier molecular flexibility index (Phi) is 4.50. The second-order valence-corrected chi connectivity index (χ2v) is 5.47. The molecular weight excluding hydrogens is 288 g/mol. The molecule has 2 nitrogen and oxygen atoms in total. The van der Waals surface area contributed by atoms with Gasteiger partial charge in [-0.05, 0) is 50.6 Å². The Bertz CT molecular complexity index is 349. The molecule has 1 aliphatic rings. The van der Waals surface area contributed by atoms with Crippen LogP contribution in [0.25, 0.3) is 0 Å². The van der Waals surface area contributed by atoms with Gasteiger partial charge < -0.3 is 10.6 Å². The highest BCUT2D eigenvalue weighted by atomic mass is 79.9. The third-order valence-corrected chi connectivity index (χ3v) is 3.69. The molecule has 2 rings (SSSR count). The molecule has 0 spiro atoms. The average molecular weight is 304 g/mol. The van der Waals surface area contributed by atoms with Crippen LogP contribution in [0.3, 0.4) is 0 Å². The zero-order valence-corrected chi connectivity index (χ0v) is 11.4. The summed E-state index contributed by atoms with van der Waals surface area (Å²) >= 11 is 9.62. The minimum Gasteiger partial charge on any atom is -0.381 e. The van der Waals surface area contributed by atoms with Gasteiger partial charge in [0.15, 0.2) is 0 Å². The van der Waals surface area contributed by atoms with Crippen LogP contribution < -0.4 is 10.6 Å². The fraction of sp³-hybridized carbons (Fsp3) is 0.500. The second-order valence-electron chi connectivity index (χ2n) is 4.15. The van der Waals surface area contributed by atoms with Crippen LogP contribution in [-0.4, -0.2) is 19.1 Å². The Balaban J connectivity index is 2.04. The summed E-state index contributed by atoms with van der Waals surface area (Å²) in [5.74, 6) is 0. The summed E-state index contributed by atoms with van der Waals surface area (Å²) in [6.45, 7) is 2.22. The fourth-order valence-corrected chi connectivity index (χ4v) is 2.52. The third-order valence-electron chi connectivity index (χ3n) is 2.86. The molecule has 0 saturated carbocycles. The summed E-state index contributed by atoms with van der Waals surface area (Å²) in [5.41, 5.74) is 1.03. The molecule has 1 aromatic carbocycles. The quantitative estimate of drug-likeness (QED) is 0.871. The predicted molar refractivity (Wildman–Crippen MR) is 73.3 cm³/mol. The van der Waals surface area contributed by atoms with E-state index in [1.165, 1.54) is 12.8 Å². The summed E-state index contributed by atoms with van der Waals surface area (Å²) in [6.07, 6.45) is 3.59. The van der Waals surface area contributed by atoms with Crippen molar-refractivity contribution in [1.29, 1.82) is 0 Å². The van der Waals surface area contributed by atoms with E-state index >= 15 is 0 Å². The number of halogens is 2. The van der Waals surface area contributed by atoms with Crippen LogP contribution in [0.1, 0.15) is 19.3 Å². The molecule has 0 bridgehead atoms. The van der Waals surface area contributed by atoms with Crippen molar-refractivity contribution in [2.45, 2.75) is 25.3 Å². The van der Waals surface area contributed by atoms with Crippen molar-refractivity contribution >= 4 is 33.2 Å². The lowest BCUT2D eigenvalue weighted by Crippen LogP contribution is -2.21. The van der Waals surface area contributed by atoms with Gasteiger partial charge in [-0.2, -0.15) is 0 Å². The molecule has 1 saturated heterocycles. The zero-order valence-electron chi connectivity index (χ0n) is 9.10. The first kappa shape index (κ1) is 12.2. The first-order valence-corrected chi connectivity index (χ1v) is 6.85. The lowest BCUT2D eigenvalue weighted by molar-refractivity contribution is 0.637. The third kappa shape index (κ3) is 3.37. The van der Waals surface area contributed by atoms with E-state index in [0.29, 0.717) is 6.04 Å². The highest BCUT2D eigenvalue weighted by Crippen LogP contribution is 2.27. The normalized spacial score (nSPS) is 21.5. The molecule has 0 aliphatic carbocycles. The zero-order chi connectivity index (χ0) is 11.4. The molecule has 1 unspecified atom stereocenters. The number of benzene rings is 1. The van der Waals surface area contributed by atoms with Crippen molar-refractivity contribution in [3.63, 3.8) is 0 Å². The molecule has 4 heteroatoms.